The van der Waals surface area contributed by atoms with E-state index in [-0.39, 0.29) is 0 Å². The lowest BCUT2D eigenvalue weighted by Crippen LogP contribution is -1.81. The van der Waals surface area contributed by atoms with Crippen LogP contribution < -0.4 is 0 Å². The summed E-state index contributed by atoms with van der Waals surface area (Å²) in [6.07, 6.45) is 0. The second kappa shape index (κ2) is 6.15. The molecule has 0 aliphatic heterocycles. The molecule has 0 atom stereocenters. The highest BCUT2D eigenvalue weighted by molar-refractivity contribution is 9.10. The minimum absolute atomic E-state index is 0.907. The third kappa shape index (κ3) is 2.54. The van der Waals surface area contributed by atoms with Gasteiger partial charge >= 0.3 is 0 Å². The predicted molar refractivity (Wildman–Crippen MR) is 112 cm³/mol. The number of hydrogen-bond donors (Lipinski definition) is 0. The molecule has 0 bridgehead atoms. The van der Waals surface area contributed by atoms with Gasteiger partial charge < -0.3 is 4.42 Å². The van der Waals surface area contributed by atoms with E-state index in [9.17, 15) is 0 Å². The van der Waals surface area contributed by atoms with E-state index >= 15 is 0 Å². The van der Waals surface area contributed by atoms with E-state index < -0.39 is 0 Å². The van der Waals surface area contributed by atoms with Crippen LogP contribution in [0.3, 0.4) is 0 Å². The fourth-order valence-electron chi connectivity index (χ4n) is 3.47. The number of halogens is 1. The fraction of sp³-hybridized carbons (Fsp3) is 0. The van der Waals surface area contributed by atoms with Crippen molar-refractivity contribution in [2.24, 2.45) is 0 Å². The Morgan fingerprint density at radius 3 is 2.08 bits per heavy atom. The fourth-order valence-corrected chi connectivity index (χ4v) is 4.03. The average Bonchev–Trinajstić information content (AvgIpc) is 3.08. The smallest absolute Gasteiger partial charge is 0.136 e. The van der Waals surface area contributed by atoms with Crippen LogP contribution >= 0.6 is 15.9 Å². The summed E-state index contributed by atoms with van der Waals surface area (Å²) in [5.74, 6) is 0. The van der Waals surface area contributed by atoms with Crippen molar-refractivity contribution < 1.29 is 4.42 Å². The first-order valence-electron chi connectivity index (χ1n) is 8.56. The Morgan fingerprint density at radius 1 is 0.538 bits per heavy atom. The molecule has 2 heteroatoms. The molecule has 1 aromatic heterocycles. The van der Waals surface area contributed by atoms with E-state index in [4.69, 9.17) is 4.42 Å². The molecule has 0 amide bonds. The predicted octanol–water partition coefficient (Wildman–Crippen LogP) is 7.68. The largest absolute Gasteiger partial charge is 0.456 e. The van der Waals surface area contributed by atoms with Gasteiger partial charge in [0.2, 0.25) is 0 Å². The first kappa shape index (κ1) is 15.4. The summed E-state index contributed by atoms with van der Waals surface area (Å²) in [7, 11) is 0. The lowest BCUT2D eigenvalue weighted by molar-refractivity contribution is 0.669. The molecule has 0 unspecified atom stereocenters. The summed E-state index contributed by atoms with van der Waals surface area (Å²) in [6, 6.07) is 31.6. The van der Waals surface area contributed by atoms with Gasteiger partial charge in [-0.15, -0.1) is 0 Å². The molecule has 0 saturated heterocycles. The van der Waals surface area contributed by atoms with E-state index in [0.29, 0.717) is 0 Å². The molecule has 4 aromatic carbocycles. The lowest BCUT2D eigenvalue weighted by Gasteiger charge is -2.06. The van der Waals surface area contributed by atoms with Gasteiger partial charge in [0, 0.05) is 15.2 Å². The van der Waals surface area contributed by atoms with Crippen LogP contribution in [0.1, 0.15) is 0 Å². The Labute approximate surface area is 160 Å². The molecule has 0 saturated carbocycles. The van der Waals surface area contributed by atoms with Crippen LogP contribution in [0, 0.1) is 0 Å². The maximum absolute atomic E-state index is 5.99. The van der Waals surface area contributed by atoms with Crippen LogP contribution in [-0.2, 0) is 0 Å². The molecule has 26 heavy (non-hydrogen) atoms. The Morgan fingerprint density at radius 2 is 1.23 bits per heavy atom. The highest BCUT2D eigenvalue weighted by atomic mass is 79.9. The lowest BCUT2D eigenvalue weighted by atomic mass is 9.98. The summed E-state index contributed by atoms with van der Waals surface area (Å²) in [6.45, 7) is 0. The molecule has 5 rings (SSSR count). The van der Waals surface area contributed by atoms with Gasteiger partial charge in [-0.3, -0.25) is 0 Å². The Kier molecular flexibility index (Phi) is 3.65. The van der Waals surface area contributed by atoms with Gasteiger partial charge in [0.25, 0.3) is 0 Å². The maximum Gasteiger partial charge on any atom is 0.136 e. The number of benzene rings is 4. The minimum atomic E-state index is 0.907. The van der Waals surface area contributed by atoms with Gasteiger partial charge in [0.1, 0.15) is 11.2 Å². The van der Waals surface area contributed by atoms with Crippen LogP contribution in [-0.4, -0.2) is 0 Å². The third-order valence-corrected chi connectivity index (χ3v) is 5.41. The summed E-state index contributed by atoms with van der Waals surface area (Å²) in [5.41, 5.74) is 6.66. The monoisotopic (exact) mass is 398 g/mol. The standard InChI is InChI=1S/C24H15BrO/c25-21-10-5-11-23-24(21)20-15-19(12-13-22(20)26-23)18-9-4-8-17(14-18)16-6-2-1-3-7-16/h1-15H. The number of rotatable bonds is 2. The van der Waals surface area contributed by atoms with E-state index in [1.54, 1.807) is 0 Å². The molecule has 0 aliphatic rings. The van der Waals surface area contributed by atoms with Crippen LogP contribution in [0.4, 0.5) is 0 Å². The zero-order valence-corrected chi connectivity index (χ0v) is 15.5. The van der Waals surface area contributed by atoms with Crippen LogP contribution in [0.25, 0.3) is 44.2 Å². The molecule has 1 nitrogen and oxygen atoms in total. The van der Waals surface area contributed by atoms with Gasteiger partial charge in [-0.05, 0) is 52.6 Å². The quantitative estimate of drug-likeness (QED) is 0.297. The van der Waals surface area contributed by atoms with Crippen molar-refractivity contribution in [2.75, 3.05) is 0 Å². The van der Waals surface area contributed by atoms with Crippen molar-refractivity contribution in [3.63, 3.8) is 0 Å². The highest BCUT2D eigenvalue weighted by Crippen LogP contribution is 2.36. The molecule has 0 aliphatic carbocycles. The normalized spacial score (nSPS) is 11.3. The molecule has 0 fully saturated rings. The van der Waals surface area contributed by atoms with E-state index in [1.165, 1.54) is 22.3 Å². The molecule has 0 spiro atoms. The van der Waals surface area contributed by atoms with Crippen molar-refractivity contribution in [3.8, 4) is 22.3 Å². The Bertz CT molecular complexity index is 1240. The second-order valence-electron chi connectivity index (χ2n) is 6.37. The van der Waals surface area contributed by atoms with Gasteiger partial charge in [-0.1, -0.05) is 76.6 Å². The van der Waals surface area contributed by atoms with Crippen molar-refractivity contribution in [1.82, 2.24) is 0 Å². The first-order chi connectivity index (χ1) is 12.8. The molecular weight excluding hydrogens is 384 g/mol. The van der Waals surface area contributed by atoms with E-state index in [1.807, 2.05) is 18.2 Å². The topological polar surface area (TPSA) is 13.1 Å². The molecule has 124 valence electrons. The first-order valence-corrected chi connectivity index (χ1v) is 9.35. The Hall–Kier alpha value is -2.84. The number of fused-ring (bicyclic) bond motifs is 3. The summed E-state index contributed by atoms with van der Waals surface area (Å²) in [5, 5.41) is 2.26. The van der Waals surface area contributed by atoms with E-state index in [2.05, 4.69) is 88.7 Å². The van der Waals surface area contributed by atoms with Gasteiger partial charge in [-0.25, -0.2) is 0 Å². The summed E-state index contributed by atoms with van der Waals surface area (Å²) >= 11 is 3.66. The van der Waals surface area contributed by atoms with Crippen molar-refractivity contribution in [3.05, 3.63) is 95.5 Å². The molecular formula is C24H15BrO. The van der Waals surface area contributed by atoms with Gasteiger partial charge in [0.05, 0.1) is 0 Å². The zero-order valence-electron chi connectivity index (χ0n) is 13.9. The van der Waals surface area contributed by atoms with Crippen LogP contribution in [0.5, 0.6) is 0 Å². The van der Waals surface area contributed by atoms with Gasteiger partial charge in [-0.2, -0.15) is 0 Å². The molecule has 0 N–H and O–H groups in total. The van der Waals surface area contributed by atoms with Crippen molar-refractivity contribution >= 4 is 37.9 Å². The summed E-state index contributed by atoms with van der Waals surface area (Å²) < 4.78 is 7.05. The van der Waals surface area contributed by atoms with E-state index in [0.717, 1.165) is 26.4 Å². The highest BCUT2D eigenvalue weighted by Gasteiger charge is 2.11. The van der Waals surface area contributed by atoms with Crippen molar-refractivity contribution in [2.45, 2.75) is 0 Å². The molecule has 1 heterocycles. The SMILES string of the molecule is Brc1cccc2oc3ccc(-c4cccc(-c5ccccc5)c4)cc3c12. The van der Waals surface area contributed by atoms with Crippen LogP contribution in [0.2, 0.25) is 0 Å². The third-order valence-electron chi connectivity index (χ3n) is 4.75. The molecule has 0 radical (unpaired) electrons. The average molecular weight is 399 g/mol. The van der Waals surface area contributed by atoms with Gasteiger partial charge in [0.15, 0.2) is 0 Å². The van der Waals surface area contributed by atoms with Crippen molar-refractivity contribution in [1.29, 1.82) is 0 Å². The molecule has 5 aromatic rings. The second-order valence-corrected chi connectivity index (χ2v) is 7.23. The summed E-state index contributed by atoms with van der Waals surface area (Å²) in [4.78, 5) is 0. The number of hydrogen-bond acceptors (Lipinski definition) is 1. The Balaban J connectivity index is 1.69. The maximum atomic E-state index is 5.99. The zero-order chi connectivity index (χ0) is 17.5. The number of furan rings is 1. The van der Waals surface area contributed by atoms with Crippen LogP contribution in [0.15, 0.2) is 99.9 Å². The minimum Gasteiger partial charge on any atom is -0.456 e.